The Bertz CT molecular complexity index is 820. The van der Waals surface area contributed by atoms with Gasteiger partial charge in [0, 0.05) is 18.4 Å². The zero-order valence-electron chi connectivity index (χ0n) is 23.1. The van der Waals surface area contributed by atoms with E-state index in [-0.39, 0.29) is 32.0 Å². The van der Waals surface area contributed by atoms with Crippen molar-refractivity contribution >= 4 is 17.8 Å². The topological polar surface area (TPSA) is 113 Å². The maximum absolute atomic E-state index is 12.1. The summed E-state index contributed by atoms with van der Waals surface area (Å²) in [6.07, 6.45) is 24.3. The van der Waals surface area contributed by atoms with E-state index in [0.29, 0.717) is 6.42 Å². The number of aliphatic hydroxyl groups excluding tert-OH is 1. The standard InChI is InChI=1S/C30H47NO6/c1-5-6-7-8-9-10-11-12-13-14-15-16-17-19-25(2)20-18-21-27(34)37-24-30(3,4)28(35)29(36)31-23-22-26(32)33/h6-7,9-10,12-13,15-16,19,28,35H,5,8,11,14,17-18,20-24H2,1-4H3,(H,31,36)(H,32,33). The molecule has 0 heterocycles. The lowest BCUT2D eigenvalue weighted by molar-refractivity contribution is -0.153. The third-order valence-electron chi connectivity index (χ3n) is 5.51. The molecule has 1 amide bonds. The van der Waals surface area contributed by atoms with Gasteiger partial charge in [0.05, 0.1) is 13.0 Å². The van der Waals surface area contributed by atoms with Crippen LogP contribution in [-0.4, -0.2) is 47.3 Å². The summed E-state index contributed by atoms with van der Waals surface area (Å²) in [5.74, 6) is -2.10. The number of carboxylic acid groups (broad SMARTS) is 1. The minimum absolute atomic E-state index is 0.0732. The Balaban J connectivity index is 4.08. The van der Waals surface area contributed by atoms with E-state index in [9.17, 15) is 19.5 Å². The first-order chi connectivity index (χ1) is 17.6. The molecular formula is C30H47NO6. The summed E-state index contributed by atoms with van der Waals surface area (Å²) in [7, 11) is 0. The molecule has 7 nitrogen and oxygen atoms in total. The van der Waals surface area contributed by atoms with Gasteiger partial charge in [-0.15, -0.1) is 0 Å². The second kappa shape index (κ2) is 21.2. The fourth-order valence-electron chi connectivity index (χ4n) is 3.12. The number of hydrogen-bond donors (Lipinski definition) is 3. The summed E-state index contributed by atoms with van der Waals surface area (Å²) in [6.45, 7) is 7.22. The lowest BCUT2D eigenvalue weighted by atomic mass is 9.87. The average molecular weight is 518 g/mol. The van der Waals surface area contributed by atoms with E-state index < -0.39 is 23.4 Å². The van der Waals surface area contributed by atoms with Gasteiger partial charge in [-0.05, 0) is 51.9 Å². The van der Waals surface area contributed by atoms with Crippen LogP contribution in [-0.2, 0) is 19.1 Å². The summed E-state index contributed by atoms with van der Waals surface area (Å²) in [6, 6.07) is 0. The van der Waals surface area contributed by atoms with Crippen LogP contribution >= 0.6 is 0 Å². The van der Waals surface area contributed by atoms with E-state index in [0.717, 1.165) is 38.5 Å². The van der Waals surface area contributed by atoms with E-state index in [1.54, 1.807) is 13.8 Å². The van der Waals surface area contributed by atoms with Crippen molar-refractivity contribution in [2.75, 3.05) is 13.2 Å². The molecule has 3 N–H and O–H groups in total. The number of carbonyl (C=O) groups is 3. The third-order valence-corrected chi connectivity index (χ3v) is 5.51. The van der Waals surface area contributed by atoms with Crippen molar-refractivity contribution < 1.29 is 29.3 Å². The van der Waals surface area contributed by atoms with Crippen molar-refractivity contribution in [1.82, 2.24) is 5.32 Å². The predicted molar refractivity (Wildman–Crippen MR) is 149 cm³/mol. The Morgan fingerprint density at radius 2 is 1.41 bits per heavy atom. The lowest BCUT2D eigenvalue weighted by Crippen LogP contribution is -2.46. The van der Waals surface area contributed by atoms with Gasteiger partial charge < -0.3 is 20.3 Å². The molecule has 1 atom stereocenters. The number of allylic oxidation sites excluding steroid dienone is 10. The molecule has 7 heteroatoms. The molecule has 0 aromatic rings. The molecule has 0 aliphatic heterocycles. The highest BCUT2D eigenvalue weighted by atomic mass is 16.5. The molecule has 0 fully saturated rings. The fraction of sp³-hybridized carbons (Fsp3) is 0.567. The normalized spacial score (nSPS) is 13.7. The first-order valence-corrected chi connectivity index (χ1v) is 13.2. The minimum Gasteiger partial charge on any atom is -0.481 e. The van der Waals surface area contributed by atoms with Crippen LogP contribution in [0.25, 0.3) is 0 Å². The Hall–Kier alpha value is -2.93. The summed E-state index contributed by atoms with van der Waals surface area (Å²) < 4.78 is 5.27. The van der Waals surface area contributed by atoms with Gasteiger partial charge >= 0.3 is 11.9 Å². The first kappa shape index (κ1) is 34.1. The van der Waals surface area contributed by atoms with Crippen molar-refractivity contribution in [3.63, 3.8) is 0 Å². The average Bonchev–Trinajstić information content (AvgIpc) is 2.84. The monoisotopic (exact) mass is 517 g/mol. The summed E-state index contributed by atoms with van der Waals surface area (Å²) >= 11 is 0. The number of rotatable bonds is 20. The largest absolute Gasteiger partial charge is 0.481 e. The molecule has 0 saturated heterocycles. The van der Waals surface area contributed by atoms with E-state index in [4.69, 9.17) is 9.84 Å². The Morgan fingerprint density at radius 1 is 0.865 bits per heavy atom. The smallest absolute Gasteiger partial charge is 0.305 e. The van der Waals surface area contributed by atoms with Crippen LogP contribution in [0.3, 0.4) is 0 Å². The van der Waals surface area contributed by atoms with Crippen LogP contribution in [0.1, 0.15) is 85.5 Å². The van der Waals surface area contributed by atoms with E-state index >= 15 is 0 Å². The lowest BCUT2D eigenvalue weighted by Gasteiger charge is -2.29. The molecule has 0 aromatic carbocycles. The zero-order chi connectivity index (χ0) is 27.9. The first-order valence-electron chi connectivity index (χ1n) is 13.2. The van der Waals surface area contributed by atoms with Crippen molar-refractivity contribution in [2.24, 2.45) is 5.41 Å². The van der Waals surface area contributed by atoms with Gasteiger partial charge in [0.2, 0.25) is 5.91 Å². The van der Waals surface area contributed by atoms with Crippen LogP contribution in [0, 0.1) is 5.41 Å². The molecule has 0 rings (SSSR count). The van der Waals surface area contributed by atoms with Crippen LogP contribution in [0.4, 0.5) is 0 Å². The zero-order valence-corrected chi connectivity index (χ0v) is 23.1. The molecule has 0 aliphatic carbocycles. The van der Waals surface area contributed by atoms with Crippen LogP contribution in [0.2, 0.25) is 0 Å². The highest BCUT2D eigenvalue weighted by molar-refractivity contribution is 5.81. The number of carboxylic acids is 1. The Morgan fingerprint density at radius 3 is 1.95 bits per heavy atom. The second-order valence-electron chi connectivity index (χ2n) is 9.63. The van der Waals surface area contributed by atoms with Gasteiger partial charge in [-0.2, -0.15) is 0 Å². The molecule has 0 bridgehead atoms. The van der Waals surface area contributed by atoms with Crippen molar-refractivity contribution in [2.45, 2.75) is 91.6 Å². The molecule has 0 aliphatic rings. The predicted octanol–water partition coefficient (Wildman–Crippen LogP) is 5.82. The molecule has 1 unspecified atom stereocenters. The molecule has 37 heavy (non-hydrogen) atoms. The maximum Gasteiger partial charge on any atom is 0.305 e. The SMILES string of the molecule is CCC=CCC=CCC=CCC=CCC=C(C)CCCC(=O)OCC(C)(C)C(O)C(=O)NCCC(=O)O. The molecule has 0 aromatic heterocycles. The Kier molecular flexibility index (Phi) is 19.5. The molecule has 0 radical (unpaired) electrons. The highest BCUT2D eigenvalue weighted by Gasteiger charge is 2.34. The van der Waals surface area contributed by atoms with E-state index in [1.165, 1.54) is 5.57 Å². The van der Waals surface area contributed by atoms with Gasteiger partial charge in [-0.25, -0.2) is 0 Å². The van der Waals surface area contributed by atoms with Gasteiger partial charge in [0.15, 0.2) is 0 Å². The number of hydrogen-bond acceptors (Lipinski definition) is 5. The van der Waals surface area contributed by atoms with Gasteiger partial charge in [-0.3, -0.25) is 14.4 Å². The number of ether oxygens (including phenoxy) is 1. The number of esters is 1. The minimum atomic E-state index is -1.42. The molecule has 0 spiro atoms. The van der Waals surface area contributed by atoms with Crippen molar-refractivity contribution in [3.05, 3.63) is 60.3 Å². The summed E-state index contributed by atoms with van der Waals surface area (Å²) in [4.78, 5) is 34.6. The van der Waals surface area contributed by atoms with Crippen LogP contribution in [0.15, 0.2) is 60.3 Å². The number of aliphatic carboxylic acids is 1. The maximum atomic E-state index is 12.1. The second-order valence-corrected chi connectivity index (χ2v) is 9.63. The number of nitrogens with one attached hydrogen (secondary N) is 1. The van der Waals surface area contributed by atoms with Crippen molar-refractivity contribution in [1.29, 1.82) is 0 Å². The van der Waals surface area contributed by atoms with Gasteiger partial charge in [0.1, 0.15) is 6.10 Å². The van der Waals surface area contributed by atoms with Gasteiger partial charge in [-0.1, -0.05) is 81.0 Å². The number of carbonyl (C=O) groups excluding carboxylic acids is 2. The van der Waals surface area contributed by atoms with Crippen LogP contribution in [0.5, 0.6) is 0 Å². The van der Waals surface area contributed by atoms with Gasteiger partial charge in [0.25, 0.3) is 0 Å². The van der Waals surface area contributed by atoms with Crippen LogP contribution < -0.4 is 5.32 Å². The third kappa shape index (κ3) is 19.9. The molecule has 0 saturated carbocycles. The Labute approximate surface area is 223 Å². The number of aliphatic hydroxyl groups is 1. The fourth-order valence-corrected chi connectivity index (χ4v) is 3.12. The van der Waals surface area contributed by atoms with E-state index in [1.807, 2.05) is 6.92 Å². The van der Waals surface area contributed by atoms with E-state index in [2.05, 4.69) is 66.9 Å². The highest BCUT2D eigenvalue weighted by Crippen LogP contribution is 2.22. The van der Waals surface area contributed by atoms with Crippen molar-refractivity contribution in [3.8, 4) is 0 Å². The quantitative estimate of drug-likeness (QED) is 0.139. The summed E-state index contributed by atoms with van der Waals surface area (Å²) in [5, 5.41) is 21.2. The number of amides is 1. The summed E-state index contributed by atoms with van der Waals surface area (Å²) in [5.41, 5.74) is 0.215. The molecular weight excluding hydrogens is 470 g/mol. The molecule has 208 valence electrons.